The maximum Gasteiger partial charge on any atom is 0.224 e. The summed E-state index contributed by atoms with van der Waals surface area (Å²) in [5.41, 5.74) is 3.27. The average molecular weight is 217 g/mol. The Morgan fingerprint density at radius 1 is 1.38 bits per heavy atom. The smallest absolute Gasteiger partial charge is 0.224 e. The molecule has 0 spiro atoms. The van der Waals surface area contributed by atoms with Gasteiger partial charge in [-0.05, 0) is 37.0 Å². The van der Waals surface area contributed by atoms with Gasteiger partial charge in [-0.2, -0.15) is 0 Å². The lowest BCUT2D eigenvalue weighted by atomic mass is 9.98. The molecule has 0 saturated carbocycles. The van der Waals surface area contributed by atoms with Gasteiger partial charge in [-0.1, -0.05) is 12.1 Å². The summed E-state index contributed by atoms with van der Waals surface area (Å²) in [7, 11) is 0. The SMILES string of the molecule is CC(=O)CCc1ccc2c(c1)CCC(=O)N2. The van der Waals surface area contributed by atoms with Crippen LogP contribution in [0.5, 0.6) is 0 Å². The number of nitrogens with one attached hydrogen (secondary N) is 1. The van der Waals surface area contributed by atoms with Gasteiger partial charge in [-0.3, -0.25) is 4.79 Å². The van der Waals surface area contributed by atoms with Crippen molar-refractivity contribution in [3.05, 3.63) is 29.3 Å². The molecule has 0 unspecified atom stereocenters. The molecule has 16 heavy (non-hydrogen) atoms. The summed E-state index contributed by atoms with van der Waals surface area (Å²) in [6, 6.07) is 6.01. The number of hydrogen-bond acceptors (Lipinski definition) is 2. The van der Waals surface area contributed by atoms with Crippen molar-refractivity contribution in [2.75, 3.05) is 5.32 Å². The standard InChI is InChI=1S/C13H15NO2/c1-9(15)2-3-10-4-6-12-11(8-10)5-7-13(16)14-12/h4,6,8H,2-3,5,7H2,1H3,(H,14,16). The first-order chi connectivity index (χ1) is 7.65. The number of amides is 1. The molecule has 3 heteroatoms. The molecule has 1 aromatic rings. The molecule has 1 amide bonds. The van der Waals surface area contributed by atoms with E-state index in [-0.39, 0.29) is 11.7 Å². The van der Waals surface area contributed by atoms with Crippen molar-refractivity contribution in [3.63, 3.8) is 0 Å². The van der Waals surface area contributed by atoms with E-state index in [1.807, 2.05) is 12.1 Å². The molecule has 0 saturated heterocycles. The third kappa shape index (κ3) is 2.48. The van der Waals surface area contributed by atoms with Crippen molar-refractivity contribution in [1.82, 2.24) is 0 Å². The summed E-state index contributed by atoms with van der Waals surface area (Å²) in [6.45, 7) is 1.61. The summed E-state index contributed by atoms with van der Waals surface area (Å²) in [5, 5.41) is 2.85. The number of carbonyl (C=O) groups excluding carboxylic acids is 2. The van der Waals surface area contributed by atoms with Crippen molar-refractivity contribution in [1.29, 1.82) is 0 Å². The topological polar surface area (TPSA) is 46.2 Å². The van der Waals surface area contributed by atoms with Crippen molar-refractivity contribution in [2.45, 2.75) is 32.6 Å². The third-order valence-corrected chi connectivity index (χ3v) is 2.83. The Hall–Kier alpha value is -1.64. The van der Waals surface area contributed by atoms with Crippen LogP contribution in [-0.4, -0.2) is 11.7 Å². The lowest BCUT2D eigenvalue weighted by molar-refractivity contribution is -0.117. The first-order valence-electron chi connectivity index (χ1n) is 5.56. The first-order valence-corrected chi connectivity index (χ1v) is 5.56. The second-order valence-electron chi connectivity index (χ2n) is 4.24. The Morgan fingerprint density at radius 3 is 2.94 bits per heavy atom. The number of rotatable bonds is 3. The summed E-state index contributed by atoms with van der Waals surface area (Å²) in [5.74, 6) is 0.301. The third-order valence-electron chi connectivity index (χ3n) is 2.83. The highest BCUT2D eigenvalue weighted by molar-refractivity contribution is 5.93. The molecular weight excluding hydrogens is 202 g/mol. The van der Waals surface area contributed by atoms with Gasteiger partial charge >= 0.3 is 0 Å². The van der Waals surface area contributed by atoms with Crippen LogP contribution < -0.4 is 5.32 Å². The Balaban J connectivity index is 2.13. The quantitative estimate of drug-likeness (QED) is 0.842. The van der Waals surface area contributed by atoms with Crippen molar-refractivity contribution >= 4 is 17.4 Å². The van der Waals surface area contributed by atoms with Gasteiger partial charge in [0.15, 0.2) is 0 Å². The predicted molar refractivity (Wildman–Crippen MR) is 62.4 cm³/mol. The Morgan fingerprint density at radius 2 is 2.19 bits per heavy atom. The van der Waals surface area contributed by atoms with Gasteiger partial charge in [0.2, 0.25) is 5.91 Å². The molecule has 0 fully saturated rings. The highest BCUT2D eigenvalue weighted by Gasteiger charge is 2.14. The highest BCUT2D eigenvalue weighted by atomic mass is 16.1. The van der Waals surface area contributed by atoms with Crippen LogP contribution in [0.2, 0.25) is 0 Å². The van der Waals surface area contributed by atoms with E-state index in [0.29, 0.717) is 12.8 Å². The molecule has 0 atom stereocenters. The van der Waals surface area contributed by atoms with Crippen LogP contribution in [0.25, 0.3) is 0 Å². The normalized spacial score (nSPS) is 14.2. The van der Waals surface area contributed by atoms with Crippen LogP contribution in [0.4, 0.5) is 5.69 Å². The van der Waals surface area contributed by atoms with E-state index < -0.39 is 0 Å². The van der Waals surface area contributed by atoms with E-state index in [4.69, 9.17) is 0 Å². The molecule has 0 radical (unpaired) electrons. The largest absolute Gasteiger partial charge is 0.326 e. The van der Waals surface area contributed by atoms with Gasteiger partial charge in [-0.15, -0.1) is 0 Å². The monoisotopic (exact) mass is 217 g/mol. The molecule has 1 N–H and O–H groups in total. The van der Waals surface area contributed by atoms with Crippen LogP contribution >= 0.6 is 0 Å². The predicted octanol–water partition coefficient (Wildman–Crippen LogP) is 2.09. The fraction of sp³-hybridized carbons (Fsp3) is 0.385. The lowest BCUT2D eigenvalue weighted by Crippen LogP contribution is -2.18. The molecule has 0 aliphatic carbocycles. The van der Waals surface area contributed by atoms with Crippen LogP contribution in [0.15, 0.2) is 18.2 Å². The molecule has 3 nitrogen and oxygen atoms in total. The van der Waals surface area contributed by atoms with E-state index >= 15 is 0 Å². The molecular formula is C13H15NO2. The summed E-state index contributed by atoms with van der Waals surface area (Å²) in [4.78, 5) is 22.1. The van der Waals surface area contributed by atoms with Gasteiger partial charge < -0.3 is 10.1 Å². The molecule has 0 bridgehead atoms. The van der Waals surface area contributed by atoms with Gasteiger partial charge in [0, 0.05) is 18.5 Å². The lowest BCUT2D eigenvalue weighted by Gasteiger charge is -2.17. The molecule has 84 valence electrons. The number of benzene rings is 1. The second kappa shape index (κ2) is 4.47. The number of ketones is 1. The maximum absolute atomic E-state index is 11.2. The van der Waals surface area contributed by atoms with Crippen molar-refractivity contribution in [3.8, 4) is 0 Å². The molecule has 2 rings (SSSR count). The van der Waals surface area contributed by atoms with E-state index in [2.05, 4.69) is 11.4 Å². The minimum Gasteiger partial charge on any atom is -0.326 e. The van der Waals surface area contributed by atoms with Crippen molar-refractivity contribution in [2.24, 2.45) is 0 Å². The molecule has 1 aliphatic heterocycles. The zero-order chi connectivity index (χ0) is 11.5. The van der Waals surface area contributed by atoms with Crippen LogP contribution in [0, 0.1) is 0 Å². The number of anilines is 1. The summed E-state index contributed by atoms with van der Waals surface area (Å²) >= 11 is 0. The minimum atomic E-state index is 0.0870. The molecule has 1 aromatic carbocycles. The Labute approximate surface area is 94.9 Å². The second-order valence-corrected chi connectivity index (χ2v) is 4.24. The number of aryl methyl sites for hydroxylation is 2. The molecule has 0 aromatic heterocycles. The molecule has 1 heterocycles. The van der Waals surface area contributed by atoms with E-state index in [9.17, 15) is 9.59 Å². The maximum atomic E-state index is 11.2. The van der Waals surface area contributed by atoms with Crippen LogP contribution in [0.1, 0.15) is 30.9 Å². The Bertz CT molecular complexity index is 438. The zero-order valence-corrected chi connectivity index (χ0v) is 9.38. The van der Waals surface area contributed by atoms with Gasteiger partial charge in [-0.25, -0.2) is 0 Å². The first kappa shape index (κ1) is 10.9. The summed E-state index contributed by atoms with van der Waals surface area (Å²) < 4.78 is 0. The van der Waals surface area contributed by atoms with Crippen LogP contribution in [0.3, 0.4) is 0 Å². The molecule has 1 aliphatic rings. The fourth-order valence-corrected chi connectivity index (χ4v) is 1.91. The number of carbonyl (C=O) groups is 2. The van der Waals surface area contributed by atoms with Crippen molar-refractivity contribution < 1.29 is 9.59 Å². The number of hydrogen-bond donors (Lipinski definition) is 1. The van der Waals surface area contributed by atoms with Gasteiger partial charge in [0.1, 0.15) is 5.78 Å². The minimum absolute atomic E-state index is 0.0870. The highest BCUT2D eigenvalue weighted by Crippen LogP contribution is 2.23. The summed E-state index contributed by atoms with van der Waals surface area (Å²) in [6.07, 6.45) is 2.74. The van der Waals surface area contributed by atoms with Crippen LogP contribution in [-0.2, 0) is 22.4 Å². The van der Waals surface area contributed by atoms with E-state index in [1.165, 1.54) is 11.1 Å². The van der Waals surface area contributed by atoms with Gasteiger partial charge in [0.25, 0.3) is 0 Å². The Kier molecular flexibility index (Phi) is 3.04. The van der Waals surface area contributed by atoms with Gasteiger partial charge in [0.05, 0.1) is 0 Å². The zero-order valence-electron chi connectivity index (χ0n) is 9.38. The number of fused-ring (bicyclic) bond motifs is 1. The average Bonchev–Trinajstić information content (AvgIpc) is 2.26. The number of Topliss-reactive ketones (excluding diaryl/α,β-unsaturated/α-hetero) is 1. The fourth-order valence-electron chi connectivity index (χ4n) is 1.91. The van der Waals surface area contributed by atoms with E-state index in [0.717, 1.165) is 18.5 Å². The van der Waals surface area contributed by atoms with E-state index in [1.54, 1.807) is 6.92 Å².